The van der Waals surface area contributed by atoms with E-state index in [1.54, 1.807) is 11.1 Å². The molecule has 1 aliphatic heterocycles. The Morgan fingerprint density at radius 3 is 2.36 bits per heavy atom. The van der Waals surface area contributed by atoms with Crippen LogP contribution in [0.1, 0.15) is 40.4 Å². The van der Waals surface area contributed by atoms with Gasteiger partial charge in [0.1, 0.15) is 0 Å². The topological polar surface area (TPSA) is 83.3 Å². The van der Waals surface area contributed by atoms with Gasteiger partial charge in [-0.05, 0) is 29.9 Å². The molecule has 0 spiro atoms. The first-order valence-electron chi connectivity index (χ1n) is 9.33. The molecule has 0 saturated carbocycles. The Morgan fingerprint density at radius 1 is 1.04 bits per heavy atom. The van der Waals surface area contributed by atoms with Gasteiger partial charge >= 0.3 is 5.56 Å². The second-order valence-electron chi connectivity index (χ2n) is 6.81. The Hall–Kier alpha value is -3.48. The summed E-state index contributed by atoms with van der Waals surface area (Å²) in [5.74, 6) is 0.0954. The number of nitrogens with one attached hydrogen (secondary N) is 1. The van der Waals surface area contributed by atoms with E-state index in [-0.39, 0.29) is 11.6 Å². The molecular weight excluding hydrogens is 354 g/mol. The molecular formula is C21H21N5O2. The molecule has 7 nitrogen and oxygen atoms in total. The fourth-order valence-electron chi connectivity index (χ4n) is 3.46. The maximum absolute atomic E-state index is 12.7. The van der Waals surface area contributed by atoms with E-state index in [0.29, 0.717) is 19.0 Å². The minimum Gasteiger partial charge on any atom is -0.337 e. The lowest BCUT2D eigenvalue weighted by atomic mass is 9.89. The number of hydrogen-bond acceptors (Lipinski definition) is 4. The molecule has 1 amide bonds. The summed E-state index contributed by atoms with van der Waals surface area (Å²) in [6, 6.07) is 19.7. The Morgan fingerprint density at radius 2 is 1.68 bits per heavy atom. The third kappa shape index (κ3) is 3.78. The second kappa shape index (κ2) is 8.04. The number of likely N-dealkylation sites (tertiary alicyclic amines) is 1. The number of H-pyrrole nitrogens is 1. The third-order valence-electron chi connectivity index (χ3n) is 5.03. The number of piperidine rings is 1. The molecule has 4 rings (SSSR count). The van der Waals surface area contributed by atoms with Gasteiger partial charge in [0.25, 0.3) is 5.91 Å². The van der Waals surface area contributed by atoms with Gasteiger partial charge in [-0.15, -0.1) is 9.89 Å². The first-order chi connectivity index (χ1) is 13.7. The molecule has 142 valence electrons. The van der Waals surface area contributed by atoms with Crippen molar-refractivity contribution in [2.45, 2.75) is 18.8 Å². The number of carbonyl (C=O) groups is 1. The predicted octanol–water partition coefficient (Wildman–Crippen LogP) is 2.47. The van der Waals surface area contributed by atoms with Crippen LogP contribution < -0.4 is 5.56 Å². The van der Waals surface area contributed by atoms with Crippen molar-refractivity contribution in [3.05, 3.63) is 87.8 Å². The summed E-state index contributed by atoms with van der Waals surface area (Å²) in [6.07, 6.45) is 3.29. The fourth-order valence-corrected chi connectivity index (χ4v) is 3.46. The number of amides is 1. The van der Waals surface area contributed by atoms with E-state index in [2.05, 4.69) is 27.5 Å². The van der Waals surface area contributed by atoms with Crippen molar-refractivity contribution in [2.75, 3.05) is 13.1 Å². The molecule has 0 radical (unpaired) electrons. The van der Waals surface area contributed by atoms with Crippen LogP contribution in [0.3, 0.4) is 0 Å². The summed E-state index contributed by atoms with van der Waals surface area (Å²) in [7, 11) is 0. The first kappa shape index (κ1) is 17.9. The number of aromatic nitrogens is 3. The number of hydrogen-bond donors (Lipinski definition) is 1. The highest BCUT2D eigenvalue weighted by atomic mass is 16.2. The minimum atomic E-state index is -0.539. The summed E-state index contributed by atoms with van der Waals surface area (Å²) >= 11 is 0. The van der Waals surface area contributed by atoms with Crippen LogP contribution in [0.4, 0.5) is 0 Å². The molecule has 3 aromatic rings. The standard InChI is InChI=1S/C21H21N5O2/c27-20(25-13-11-18(12-14-25)17-9-5-2-6-10-17)19-21(28)26(24-23-19)22-15-16-7-3-1-4-8-16/h1-10,15,18,24H,11-14H2. The van der Waals surface area contributed by atoms with E-state index in [4.69, 9.17) is 0 Å². The van der Waals surface area contributed by atoms with Crippen LogP contribution in [-0.4, -0.2) is 45.2 Å². The van der Waals surface area contributed by atoms with Crippen LogP contribution in [-0.2, 0) is 0 Å². The van der Waals surface area contributed by atoms with E-state index in [9.17, 15) is 9.59 Å². The zero-order valence-corrected chi connectivity index (χ0v) is 15.4. The maximum atomic E-state index is 12.7. The Labute approximate surface area is 162 Å². The predicted molar refractivity (Wildman–Crippen MR) is 107 cm³/mol. The van der Waals surface area contributed by atoms with Gasteiger partial charge in [0.15, 0.2) is 0 Å². The van der Waals surface area contributed by atoms with Gasteiger partial charge in [-0.2, -0.15) is 10.3 Å². The molecule has 0 atom stereocenters. The molecule has 2 aromatic carbocycles. The zero-order chi connectivity index (χ0) is 19.3. The summed E-state index contributed by atoms with van der Waals surface area (Å²) in [5, 5.41) is 10.5. The summed E-state index contributed by atoms with van der Waals surface area (Å²) in [6.45, 7) is 1.22. The highest BCUT2D eigenvalue weighted by molar-refractivity contribution is 5.92. The molecule has 1 aliphatic rings. The van der Waals surface area contributed by atoms with Crippen LogP contribution in [0.5, 0.6) is 0 Å². The van der Waals surface area contributed by atoms with Gasteiger partial charge in [0, 0.05) is 13.1 Å². The Kier molecular flexibility index (Phi) is 5.14. The molecule has 0 unspecified atom stereocenters. The third-order valence-corrected chi connectivity index (χ3v) is 5.03. The number of nitrogens with zero attached hydrogens (tertiary/aromatic N) is 4. The Bertz CT molecular complexity index is 1020. The molecule has 0 bridgehead atoms. The van der Waals surface area contributed by atoms with Gasteiger partial charge in [-0.3, -0.25) is 9.59 Å². The van der Waals surface area contributed by atoms with Gasteiger partial charge in [-0.25, -0.2) is 0 Å². The average molecular weight is 375 g/mol. The number of benzene rings is 2. The smallest absolute Gasteiger partial charge is 0.320 e. The van der Waals surface area contributed by atoms with Crippen molar-refractivity contribution in [3.63, 3.8) is 0 Å². The lowest BCUT2D eigenvalue weighted by Crippen LogP contribution is -2.40. The molecule has 28 heavy (non-hydrogen) atoms. The maximum Gasteiger partial charge on any atom is 0.320 e. The van der Waals surface area contributed by atoms with Crippen molar-refractivity contribution in [2.24, 2.45) is 5.10 Å². The normalized spacial score (nSPS) is 15.2. The van der Waals surface area contributed by atoms with Gasteiger partial charge in [0.2, 0.25) is 5.69 Å². The largest absolute Gasteiger partial charge is 0.337 e. The van der Waals surface area contributed by atoms with Crippen molar-refractivity contribution in [1.29, 1.82) is 0 Å². The van der Waals surface area contributed by atoms with Crippen LogP contribution in [0, 0.1) is 0 Å². The van der Waals surface area contributed by atoms with Crippen molar-refractivity contribution in [1.82, 2.24) is 20.0 Å². The van der Waals surface area contributed by atoms with E-state index in [1.165, 1.54) is 5.56 Å². The summed E-state index contributed by atoms with van der Waals surface area (Å²) < 4.78 is 0. The highest BCUT2D eigenvalue weighted by Gasteiger charge is 2.28. The van der Waals surface area contributed by atoms with Crippen LogP contribution >= 0.6 is 0 Å². The first-order valence-corrected chi connectivity index (χ1v) is 9.33. The quantitative estimate of drug-likeness (QED) is 0.711. The monoisotopic (exact) mass is 375 g/mol. The minimum absolute atomic E-state index is 0.122. The number of aromatic amines is 1. The lowest BCUT2D eigenvalue weighted by Gasteiger charge is -2.31. The van der Waals surface area contributed by atoms with Gasteiger partial charge < -0.3 is 4.90 Å². The molecule has 2 heterocycles. The SMILES string of the molecule is O=C(c1n[nH]n(N=Cc2ccccc2)c1=O)N1CCC(c2ccccc2)CC1. The molecule has 1 N–H and O–H groups in total. The highest BCUT2D eigenvalue weighted by Crippen LogP contribution is 2.28. The molecule has 1 saturated heterocycles. The van der Waals surface area contributed by atoms with Crippen molar-refractivity contribution < 1.29 is 4.79 Å². The molecule has 1 aromatic heterocycles. The van der Waals surface area contributed by atoms with Crippen LogP contribution in [0.15, 0.2) is 70.6 Å². The number of rotatable bonds is 4. The number of carbonyl (C=O) groups excluding carboxylic acids is 1. The average Bonchev–Trinajstić information content (AvgIpc) is 3.13. The fraction of sp³-hybridized carbons (Fsp3) is 0.238. The van der Waals surface area contributed by atoms with Crippen LogP contribution in [0.25, 0.3) is 0 Å². The molecule has 1 fully saturated rings. The van der Waals surface area contributed by atoms with Crippen molar-refractivity contribution >= 4 is 12.1 Å². The second-order valence-corrected chi connectivity index (χ2v) is 6.81. The lowest BCUT2D eigenvalue weighted by molar-refractivity contribution is 0.0705. The van der Waals surface area contributed by atoms with Gasteiger partial charge in [-0.1, -0.05) is 60.7 Å². The Balaban J connectivity index is 1.43. The summed E-state index contributed by atoms with van der Waals surface area (Å²) in [5.41, 5.74) is 1.48. The van der Waals surface area contributed by atoms with Crippen molar-refractivity contribution in [3.8, 4) is 0 Å². The molecule has 7 heteroatoms. The summed E-state index contributed by atoms with van der Waals surface area (Å²) in [4.78, 5) is 27.9. The zero-order valence-electron chi connectivity index (χ0n) is 15.4. The molecule has 0 aliphatic carbocycles. The van der Waals surface area contributed by atoms with E-state index >= 15 is 0 Å². The van der Waals surface area contributed by atoms with E-state index in [1.807, 2.05) is 48.5 Å². The van der Waals surface area contributed by atoms with E-state index < -0.39 is 5.56 Å². The van der Waals surface area contributed by atoms with Gasteiger partial charge in [0.05, 0.1) is 6.21 Å². The van der Waals surface area contributed by atoms with E-state index in [0.717, 1.165) is 23.2 Å². The van der Waals surface area contributed by atoms with Crippen LogP contribution in [0.2, 0.25) is 0 Å².